The van der Waals surface area contributed by atoms with E-state index in [0.29, 0.717) is 32.3 Å². The van der Waals surface area contributed by atoms with E-state index < -0.39 is 0 Å². The Morgan fingerprint density at radius 2 is 2.27 bits per heavy atom. The molecule has 0 saturated carbocycles. The van der Waals surface area contributed by atoms with Crippen LogP contribution in [0, 0.1) is 0 Å². The lowest BCUT2D eigenvalue weighted by atomic mass is 10.2. The minimum atomic E-state index is 0.0221. The van der Waals surface area contributed by atoms with E-state index in [4.69, 9.17) is 9.47 Å². The number of nitrogens with zero attached hydrogens (tertiary/aromatic N) is 1. The van der Waals surface area contributed by atoms with E-state index in [1.54, 1.807) is 4.90 Å². The summed E-state index contributed by atoms with van der Waals surface area (Å²) in [6.45, 7) is 2.63. The van der Waals surface area contributed by atoms with E-state index in [1.165, 1.54) is 12.2 Å². The zero-order valence-corrected chi connectivity index (χ0v) is 13.4. The molecular formula is C16H22N2O3S. The number of rotatable bonds is 5. The Balaban J connectivity index is 1.50. The molecule has 0 bridgehead atoms. The third kappa shape index (κ3) is 4.30. The maximum absolute atomic E-state index is 12.1. The van der Waals surface area contributed by atoms with Crippen LogP contribution in [-0.2, 0) is 9.53 Å². The summed E-state index contributed by atoms with van der Waals surface area (Å²) in [6, 6.07) is 8.39. The molecule has 2 aliphatic rings. The van der Waals surface area contributed by atoms with Gasteiger partial charge in [0.05, 0.1) is 13.2 Å². The molecule has 6 heteroatoms. The molecule has 0 aromatic heterocycles. The standard InChI is InChI=1S/C16H22N2O3S/c19-16(18-5-7-20-8-6-18)11-21-15-3-1-2-13(10-15)17-14-4-9-22-12-14/h1-3,10,14,17H,4-9,11-12H2. The van der Waals surface area contributed by atoms with Crippen molar-refractivity contribution < 1.29 is 14.3 Å². The lowest BCUT2D eigenvalue weighted by Crippen LogP contribution is -2.42. The van der Waals surface area contributed by atoms with E-state index in [0.717, 1.165) is 17.2 Å². The molecule has 2 saturated heterocycles. The number of morpholine rings is 1. The van der Waals surface area contributed by atoms with Crippen LogP contribution in [0.2, 0.25) is 0 Å². The van der Waals surface area contributed by atoms with Gasteiger partial charge in [0.1, 0.15) is 5.75 Å². The smallest absolute Gasteiger partial charge is 0.260 e. The van der Waals surface area contributed by atoms with Crippen molar-refractivity contribution in [1.29, 1.82) is 0 Å². The van der Waals surface area contributed by atoms with Gasteiger partial charge in [0.25, 0.3) is 5.91 Å². The van der Waals surface area contributed by atoms with E-state index >= 15 is 0 Å². The van der Waals surface area contributed by atoms with Crippen LogP contribution in [0.3, 0.4) is 0 Å². The van der Waals surface area contributed by atoms with Gasteiger partial charge in [-0.1, -0.05) is 6.07 Å². The van der Waals surface area contributed by atoms with Gasteiger partial charge in [-0.05, 0) is 24.3 Å². The van der Waals surface area contributed by atoms with E-state index in [-0.39, 0.29) is 12.5 Å². The molecule has 1 atom stereocenters. The average molecular weight is 322 g/mol. The van der Waals surface area contributed by atoms with Crippen LogP contribution in [0.1, 0.15) is 6.42 Å². The van der Waals surface area contributed by atoms with Crippen molar-refractivity contribution in [2.45, 2.75) is 12.5 Å². The SMILES string of the molecule is O=C(COc1cccc(NC2CCSC2)c1)N1CCOCC1. The summed E-state index contributed by atoms with van der Waals surface area (Å²) in [5.41, 5.74) is 1.06. The van der Waals surface area contributed by atoms with Gasteiger partial charge in [-0.3, -0.25) is 4.79 Å². The molecule has 120 valence electrons. The van der Waals surface area contributed by atoms with Crippen LogP contribution < -0.4 is 10.1 Å². The molecule has 2 heterocycles. The molecule has 2 fully saturated rings. The van der Waals surface area contributed by atoms with E-state index in [9.17, 15) is 4.79 Å². The normalized spacial score (nSPS) is 21.6. The average Bonchev–Trinajstić information content (AvgIpc) is 3.07. The number of nitrogens with one attached hydrogen (secondary N) is 1. The van der Waals surface area contributed by atoms with Gasteiger partial charge < -0.3 is 19.7 Å². The van der Waals surface area contributed by atoms with Gasteiger partial charge in [0.2, 0.25) is 0 Å². The predicted molar refractivity (Wildman–Crippen MR) is 88.7 cm³/mol. The molecule has 3 rings (SSSR count). The predicted octanol–water partition coefficient (Wildman–Crippen LogP) is 1.84. The Morgan fingerprint density at radius 3 is 3.05 bits per heavy atom. The summed E-state index contributed by atoms with van der Waals surface area (Å²) in [5.74, 6) is 3.13. The summed E-state index contributed by atoms with van der Waals surface area (Å²) in [4.78, 5) is 13.9. The zero-order valence-electron chi connectivity index (χ0n) is 12.6. The van der Waals surface area contributed by atoms with Crippen molar-refractivity contribution in [2.24, 2.45) is 0 Å². The lowest BCUT2D eigenvalue weighted by molar-refractivity contribution is -0.137. The maximum Gasteiger partial charge on any atom is 0.260 e. The highest BCUT2D eigenvalue weighted by Crippen LogP contribution is 2.23. The lowest BCUT2D eigenvalue weighted by Gasteiger charge is -2.26. The number of ether oxygens (including phenoxy) is 2. The van der Waals surface area contributed by atoms with Gasteiger partial charge in [0.15, 0.2) is 6.61 Å². The third-order valence-corrected chi connectivity index (χ3v) is 5.02. The van der Waals surface area contributed by atoms with Crippen molar-refractivity contribution in [3.05, 3.63) is 24.3 Å². The number of carbonyl (C=O) groups excluding carboxylic acids is 1. The largest absolute Gasteiger partial charge is 0.484 e. The summed E-state index contributed by atoms with van der Waals surface area (Å²) in [7, 11) is 0. The summed E-state index contributed by atoms with van der Waals surface area (Å²) in [6.07, 6.45) is 1.20. The molecule has 1 aromatic carbocycles. The number of benzene rings is 1. The maximum atomic E-state index is 12.1. The first kappa shape index (κ1) is 15.5. The van der Waals surface area contributed by atoms with Gasteiger partial charge >= 0.3 is 0 Å². The molecule has 1 aromatic rings. The Bertz CT molecular complexity index is 500. The van der Waals surface area contributed by atoms with Crippen LogP contribution >= 0.6 is 11.8 Å². The van der Waals surface area contributed by atoms with Crippen LogP contribution in [0.25, 0.3) is 0 Å². The minimum absolute atomic E-state index is 0.0221. The highest BCUT2D eigenvalue weighted by molar-refractivity contribution is 7.99. The molecule has 1 unspecified atom stereocenters. The highest BCUT2D eigenvalue weighted by atomic mass is 32.2. The summed E-state index contributed by atoms with van der Waals surface area (Å²) >= 11 is 1.98. The Kier molecular flexibility index (Phi) is 5.45. The first-order valence-electron chi connectivity index (χ1n) is 7.74. The van der Waals surface area contributed by atoms with Crippen LogP contribution in [0.15, 0.2) is 24.3 Å². The van der Waals surface area contributed by atoms with Gasteiger partial charge in [-0.2, -0.15) is 11.8 Å². The van der Waals surface area contributed by atoms with Crippen molar-refractivity contribution in [2.75, 3.05) is 49.7 Å². The Labute approximate surface area is 135 Å². The molecule has 5 nitrogen and oxygen atoms in total. The molecule has 0 spiro atoms. The topological polar surface area (TPSA) is 50.8 Å². The second-order valence-corrected chi connectivity index (χ2v) is 6.66. The van der Waals surface area contributed by atoms with Crippen molar-refractivity contribution in [3.63, 3.8) is 0 Å². The van der Waals surface area contributed by atoms with E-state index in [2.05, 4.69) is 5.32 Å². The fourth-order valence-corrected chi connectivity index (χ4v) is 3.76. The first-order chi connectivity index (χ1) is 10.8. The first-order valence-corrected chi connectivity index (χ1v) is 8.89. The number of carbonyl (C=O) groups is 1. The third-order valence-electron chi connectivity index (χ3n) is 3.86. The van der Waals surface area contributed by atoms with Crippen molar-refractivity contribution in [1.82, 2.24) is 4.90 Å². The van der Waals surface area contributed by atoms with Crippen LogP contribution in [0.5, 0.6) is 5.75 Å². The molecule has 22 heavy (non-hydrogen) atoms. The van der Waals surface area contributed by atoms with Gasteiger partial charge in [-0.15, -0.1) is 0 Å². The number of hydrogen-bond acceptors (Lipinski definition) is 5. The van der Waals surface area contributed by atoms with Gasteiger partial charge in [-0.25, -0.2) is 0 Å². The molecule has 0 radical (unpaired) electrons. The fourth-order valence-electron chi connectivity index (χ4n) is 2.61. The summed E-state index contributed by atoms with van der Waals surface area (Å²) in [5, 5.41) is 3.52. The fraction of sp³-hybridized carbons (Fsp3) is 0.562. The van der Waals surface area contributed by atoms with Crippen LogP contribution in [0.4, 0.5) is 5.69 Å². The number of hydrogen-bond donors (Lipinski definition) is 1. The second-order valence-electron chi connectivity index (χ2n) is 5.51. The Hall–Kier alpha value is -1.40. The minimum Gasteiger partial charge on any atom is -0.484 e. The van der Waals surface area contributed by atoms with E-state index in [1.807, 2.05) is 36.0 Å². The van der Waals surface area contributed by atoms with Crippen LogP contribution in [-0.4, -0.2) is 61.3 Å². The second kappa shape index (κ2) is 7.74. The Morgan fingerprint density at radius 1 is 1.41 bits per heavy atom. The summed E-state index contributed by atoms with van der Waals surface area (Å²) < 4.78 is 10.9. The molecule has 1 N–H and O–H groups in total. The zero-order chi connectivity index (χ0) is 15.2. The molecule has 2 aliphatic heterocycles. The molecule has 0 aliphatic carbocycles. The van der Waals surface area contributed by atoms with Crippen molar-refractivity contribution >= 4 is 23.4 Å². The number of thioether (sulfide) groups is 1. The van der Waals surface area contributed by atoms with Crippen molar-refractivity contribution in [3.8, 4) is 5.75 Å². The number of amides is 1. The monoisotopic (exact) mass is 322 g/mol. The molecule has 1 amide bonds. The van der Waals surface area contributed by atoms with Gasteiger partial charge in [0, 0.05) is 36.6 Å². The number of anilines is 1. The molecular weight excluding hydrogens is 300 g/mol. The highest BCUT2D eigenvalue weighted by Gasteiger charge is 2.17. The quantitative estimate of drug-likeness (QED) is 0.896.